The van der Waals surface area contributed by atoms with Crippen LogP contribution in [0, 0.1) is 0 Å². The SMILES string of the molecule is CN1CCN(CCN(Cc2ccccc2)C(=O)C2CSCN2)CC1. The maximum absolute atomic E-state index is 12.9. The Morgan fingerprint density at radius 3 is 2.67 bits per heavy atom. The number of benzene rings is 1. The van der Waals surface area contributed by atoms with Crippen molar-refractivity contribution in [1.82, 2.24) is 20.0 Å². The van der Waals surface area contributed by atoms with Crippen molar-refractivity contribution < 1.29 is 4.79 Å². The molecule has 1 N–H and O–H groups in total. The third kappa shape index (κ3) is 4.96. The first-order valence-corrected chi connectivity index (χ1v) is 9.92. The summed E-state index contributed by atoms with van der Waals surface area (Å²) in [5.41, 5.74) is 1.20. The van der Waals surface area contributed by atoms with E-state index in [1.165, 1.54) is 5.56 Å². The molecule has 0 aromatic heterocycles. The van der Waals surface area contributed by atoms with Crippen LogP contribution < -0.4 is 5.32 Å². The van der Waals surface area contributed by atoms with Gasteiger partial charge in [-0.05, 0) is 12.6 Å². The number of nitrogens with zero attached hydrogens (tertiary/aromatic N) is 3. The second kappa shape index (κ2) is 8.85. The molecule has 5 nitrogen and oxygen atoms in total. The average Bonchev–Trinajstić information content (AvgIpc) is 3.15. The van der Waals surface area contributed by atoms with Crippen LogP contribution in [0.1, 0.15) is 5.56 Å². The van der Waals surface area contributed by atoms with Crippen molar-refractivity contribution in [2.75, 3.05) is 57.9 Å². The first-order chi connectivity index (χ1) is 11.7. The fraction of sp³-hybridized carbons (Fsp3) is 0.611. The van der Waals surface area contributed by atoms with E-state index in [1.54, 1.807) is 11.8 Å². The van der Waals surface area contributed by atoms with Crippen molar-refractivity contribution in [3.05, 3.63) is 35.9 Å². The smallest absolute Gasteiger partial charge is 0.240 e. The summed E-state index contributed by atoms with van der Waals surface area (Å²) >= 11 is 1.81. The highest BCUT2D eigenvalue weighted by Gasteiger charge is 2.27. The Bertz CT molecular complexity index is 513. The van der Waals surface area contributed by atoms with Crippen LogP contribution in [0.4, 0.5) is 0 Å². The number of amides is 1. The molecule has 3 rings (SSSR count). The standard InChI is InChI=1S/C18H28N4OS/c1-20-7-9-21(10-8-20)11-12-22(13-16-5-3-2-4-6-16)18(23)17-14-24-15-19-17/h2-6,17,19H,7-15H2,1H3. The normalized spacial score (nSPS) is 22.6. The molecule has 2 fully saturated rings. The topological polar surface area (TPSA) is 38.8 Å². The fourth-order valence-electron chi connectivity index (χ4n) is 3.18. The van der Waals surface area contributed by atoms with Gasteiger partial charge in [0, 0.05) is 57.4 Å². The third-order valence-electron chi connectivity index (χ3n) is 4.82. The summed E-state index contributed by atoms with van der Waals surface area (Å²) in [6.07, 6.45) is 0. The maximum atomic E-state index is 12.9. The summed E-state index contributed by atoms with van der Waals surface area (Å²) in [7, 11) is 2.17. The number of thioether (sulfide) groups is 1. The monoisotopic (exact) mass is 348 g/mol. The zero-order chi connectivity index (χ0) is 16.8. The van der Waals surface area contributed by atoms with Crippen LogP contribution in [0.5, 0.6) is 0 Å². The van der Waals surface area contributed by atoms with Crippen molar-refractivity contribution in [2.24, 2.45) is 0 Å². The number of hydrogen-bond acceptors (Lipinski definition) is 5. The van der Waals surface area contributed by atoms with Gasteiger partial charge < -0.3 is 9.80 Å². The molecule has 132 valence electrons. The van der Waals surface area contributed by atoms with Gasteiger partial charge in [-0.25, -0.2) is 0 Å². The van der Waals surface area contributed by atoms with Gasteiger partial charge in [0.05, 0.1) is 6.04 Å². The van der Waals surface area contributed by atoms with E-state index in [9.17, 15) is 4.79 Å². The van der Waals surface area contributed by atoms with E-state index < -0.39 is 0 Å². The van der Waals surface area contributed by atoms with Gasteiger partial charge in [-0.15, -0.1) is 11.8 Å². The molecule has 2 aliphatic rings. The summed E-state index contributed by atoms with van der Waals surface area (Å²) in [5.74, 6) is 2.02. The highest BCUT2D eigenvalue weighted by atomic mass is 32.2. The molecule has 0 spiro atoms. The van der Waals surface area contributed by atoms with Gasteiger partial charge in [-0.3, -0.25) is 15.0 Å². The Morgan fingerprint density at radius 2 is 2.00 bits per heavy atom. The number of piperazine rings is 1. The molecular formula is C18H28N4OS. The predicted octanol–water partition coefficient (Wildman–Crippen LogP) is 0.925. The van der Waals surface area contributed by atoms with Gasteiger partial charge in [0.1, 0.15) is 0 Å². The molecule has 0 radical (unpaired) electrons. The molecule has 2 saturated heterocycles. The van der Waals surface area contributed by atoms with E-state index in [2.05, 4.69) is 34.3 Å². The minimum atomic E-state index is -0.0220. The molecule has 1 unspecified atom stereocenters. The highest BCUT2D eigenvalue weighted by Crippen LogP contribution is 2.14. The summed E-state index contributed by atoms with van der Waals surface area (Å²) in [4.78, 5) is 19.8. The summed E-state index contributed by atoms with van der Waals surface area (Å²) < 4.78 is 0. The van der Waals surface area contributed by atoms with Crippen molar-refractivity contribution in [1.29, 1.82) is 0 Å². The van der Waals surface area contributed by atoms with E-state index in [4.69, 9.17) is 0 Å². The summed E-state index contributed by atoms with van der Waals surface area (Å²) in [5, 5.41) is 3.32. The van der Waals surface area contributed by atoms with Crippen LogP contribution in [0.15, 0.2) is 30.3 Å². The largest absolute Gasteiger partial charge is 0.336 e. The van der Waals surface area contributed by atoms with Crippen molar-refractivity contribution in [2.45, 2.75) is 12.6 Å². The zero-order valence-corrected chi connectivity index (χ0v) is 15.3. The Kier molecular flexibility index (Phi) is 6.54. The Balaban J connectivity index is 1.59. The van der Waals surface area contributed by atoms with E-state index in [1.807, 2.05) is 23.1 Å². The molecule has 2 heterocycles. The van der Waals surface area contributed by atoms with Crippen LogP contribution in [-0.4, -0.2) is 84.6 Å². The second-order valence-corrected chi connectivity index (χ2v) is 7.69. The Morgan fingerprint density at radius 1 is 1.25 bits per heavy atom. The minimum Gasteiger partial charge on any atom is -0.336 e. The van der Waals surface area contributed by atoms with Gasteiger partial charge in [0.15, 0.2) is 0 Å². The molecule has 0 aliphatic carbocycles. The van der Waals surface area contributed by atoms with Crippen molar-refractivity contribution >= 4 is 17.7 Å². The lowest BCUT2D eigenvalue weighted by Gasteiger charge is -2.34. The molecular weight excluding hydrogens is 320 g/mol. The average molecular weight is 349 g/mol. The lowest BCUT2D eigenvalue weighted by molar-refractivity contribution is -0.133. The van der Waals surface area contributed by atoms with E-state index >= 15 is 0 Å². The first kappa shape index (κ1) is 17.7. The van der Waals surface area contributed by atoms with Gasteiger partial charge in [-0.1, -0.05) is 30.3 Å². The Labute approximate surface area is 149 Å². The number of hydrogen-bond donors (Lipinski definition) is 1. The maximum Gasteiger partial charge on any atom is 0.240 e. The third-order valence-corrected chi connectivity index (χ3v) is 5.76. The number of likely N-dealkylation sites (N-methyl/N-ethyl adjacent to an activating group) is 1. The molecule has 6 heteroatoms. The molecule has 1 atom stereocenters. The number of carbonyl (C=O) groups excluding carboxylic acids is 1. The van der Waals surface area contributed by atoms with E-state index in [0.29, 0.717) is 6.54 Å². The quantitative estimate of drug-likeness (QED) is 0.828. The van der Waals surface area contributed by atoms with Crippen molar-refractivity contribution in [3.8, 4) is 0 Å². The van der Waals surface area contributed by atoms with Gasteiger partial charge in [0.25, 0.3) is 0 Å². The van der Waals surface area contributed by atoms with Crippen LogP contribution >= 0.6 is 11.8 Å². The van der Waals surface area contributed by atoms with Gasteiger partial charge in [-0.2, -0.15) is 0 Å². The first-order valence-electron chi connectivity index (χ1n) is 8.77. The number of rotatable bonds is 6. The molecule has 1 amide bonds. The Hall–Kier alpha value is -1.08. The van der Waals surface area contributed by atoms with Gasteiger partial charge in [0.2, 0.25) is 5.91 Å². The van der Waals surface area contributed by atoms with Crippen LogP contribution in [0.3, 0.4) is 0 Å². The number of carbonyl (C=O) groups is 1. The molecule has 1 aromatic rings. The zero-order valence-electron chi connectivity index (χ0n) is 14.5. The van der Waals surface area contributed by atoms with Crippen LogP contribution in [0.2, 0.25) is 0 Å². The second-order valence-electron chi connectivity index (χ2n) is 6.66. The number of nitrogens with one attached hydrogen (secondary N) is 1. The molecule has 2 aliphatic heterocycles. The lowest BCUT2D eigenvalue weighted by atomic mass is 10.2. The summed E-state index contributed by atoms with van der Waals surface area (Å²) in [6, 6.07) is 10.3. The van der Waals surface area contributed by atoms with E-state index in [-0.39, 0.29) is 11.9 Å². The molecule has 24 heavy (non-hydrogen) atoms. The lowest BCUT2D eigenvalue weighted by Crippen LogP contribution is -2.50. The van der Waals surface area contributed by atoms with Crippen LogP contribution in [-0.2, 0) is 11.3 Å². The van der Waals surface area contributed by atoms with E-state index in [0.717, 1.165) is 50.9 Å². The van der Waals surface area contributed by atoms with Crippen molar-refractivity contribution in [3.63, 3.8) is 0 Å². The molecule has 1 aromatic carbocycles. The van der Waals surface area contributed by atoms with Crippen LogP contribution in [0.25, 0.3) is 0 Å². The summed E-state index contributed by atoms with van der Waals surface area (Å²) in [6.45, 7) is 6.91. The minimum absolute atomic E-state index is 0.0220. The predicted molar refractivity (Wildman–Crippen MR) is 100 cm³/mol. The highest BCUT2D eigenvalue weighted by molar-refractivity contribution is 7.99. The fourth-order valence-corrected chi connectivity index (χ4v) is 4.11. The molecule has 0 bridgehead atoms. The van der Waals surface area contributed by atoms with Gasteiger partial charge >= 0.3 is 0 Å². The molecule has 0 saturated carbocycles.